The molecule has 0 atom stereocenters. The average molecular weight is 446 g/mol. The van der Waals surface area contributed by atoms with Gasteiger partial charge in [-0.05, 0) is 41.8 Å². The summed E-state index contributed by atoms with van der Waals surface area (Å²) in [6.07, 6.45) is 1.28. The van der Waals surface area contributed by atoms with E-state index in [0.29, 0.717) is 22.7 Å². The fourth-order valence-electron chi connectivity index (χ4n) is 3.48. The predicted octanol–water partition coefficient (Wildman–Crippen LogP) is 5.63. The number of methoxy groups -OCH3 is 1. The van der Waals surface area contributed by atoms with Crippen LogP contribution in [0.4, 0.5) is 11.4 Å². The Kier molecular flexibility index (Phi) is 6.37. The lowest BCUT2D eigenvalue weighted by Crippen LogP contribution is -2.20. The number of benzene rings is 3. The molecule has 3 aromatic carbocycles. The van der Waals surface area contributed by atoms with Gasteiger partial charge in [0.15, 0.2) is 6.61 Å². The van der Waals surface area contributed by atoms with E-state index >= 15 is 0 Å². The van der Waals surface area contributed by atoms with E-state index in [-0.39, 0.29) is 12.5 Å². The first-order valence-electron chi connectivity index (χ1n) is 10.0. The van der Waals surface area contributed by atoms with Crippen LogP contribution in [0, 0.1) is 5.41 Å². The maximum atomic E-state index is 12.5. The van der Waals surface area contributed by atoms with Crippen molar-refractivity contribution in [2.45, 2.75) is 0 Å². The van der Waals surface area contributed by atoms with Gasteiger partial charge in [0.25, 0.3) is 5.91 Å². The third-order valence-corrected chi connectivity index (χ3v) is 6.11. The smallest absolute Gasteiger partial charge is 0.262 e. The van der Waals surface area contributed by atoms with E-state index in [1.165, 1.54) is 10.9 Å². The Bertz CT molecular complexity index is 1250. The highest BCUT2D eigenvalue weighted by Crippen LogP contribution is 2.40. The van der Waals surface area contributed by atoms with E-state index in [1.807, 2.05) is 31.3 Å². The summed E-state index contributed by atoms with van der Waals surface area (Å²) in [7, 11) is 3.41. The molecule has 3 N–H and O–H groups in total. The van der Waals surface area contributed by atoms with Crippen LogP contribution < -0.4 is 20.1 Å². The normalized spacial score (nSPS) is 10.6. The first-order chi connectivity index (χ1) is 15.6. The zero-order valence-corrected chi connectivity index (χ0v) is 18.6. The minimum Gasteiger partial charge on any atom is -0.497 e. The van der Waals surface area contributed by atoms with Crippen LogP contribution in [0.3, 0.4) is 0 Å². The second-order valence-corrected chi connectivity index (χ2v) is 8.13. The number of amides is 1. The van der Waals surface area contributed by atoms with E-state index in [0.717, 1.165) is 21.5 Å². The Morgan fingerprint density at radius 2 is 1.88 bits per heavy atom. The molecule has 0 saturated heterocycles. The molecule has 0 aliphatic rings. The Balaban J connectivity index is 1.59. The second-order valence-electron chi connectivity index (χ2n) is 7.05. The van der Waals surface area contributed by atoms with Gasteiger partial charge in [0.2, 0.25) is 0 Å². The standard InChI is InChI=1S/C25H23N3O3S/c1-27-25-17(14-26)10-18(12-21(25)23-11-16-6-3-4-9-22(16)32-23)28-24(29)15-31-20-8-5-7-19(13-20)30-2/h3-14,26-27H,15H2,1-2H3,(H,28,29). The molecule has 0 aliphatic carbocycles. The molecule has 0 spiro atoms. The number of hydrogen-bond donors (Lipinski definition) is 3. The topological polar surface area (TPSA) is 83.4 Å². The monoisotopic (exact) mass is 445 g/mol. The van der Waals surface area contributed by atoms with E-state index in [9.17, 15) is 4.79 Å². The van der Waals surface area contributed by atoms with Crippen molar-refractivity contribution in [3.8, 4) is 21.9 Å². The lowest BCUT2D eigenvalue weighted by Gasteiger charge is -2.15. The number of ether oxygens (including phenoxy) is 2. The molecule has 0 saturated carbocycles. The van der Waals surface area contributed by atoms with Gasteiger partial charge in [-0.25, -0.2) is 0 Å². The van der Waals surface area contributed by atoms with Gasteiger partial charge in [0, 0.05) is 45.7 Å². The van der Waals surface area contributed by atoms with Crippen molar-refractivity contribution in [1.29, 1.82) is 5.41 Å². The lowest BCUT2D eigenvalue weighted by molar-refractivity contribution is -0.118. The van der Waals surface area contributed by atoms with Crippen LogP contribution in [0.15, 0.2) is 66.7 Å². The Morgan fingerprint density at radius 3 is 2.62 bits per heavy atom. The molecule has 4 aromatic rings. The predicted molar refractivity (Wildman–Crippen MR) is 132 cm³/mol. The van der Waals surface area contributed by atoms with Crippen LogP contribution in [0.25, 0.3) is 20.5 Å². The van der Waals surface area contributed by atoms with Gasteiger partial charge in [0.05, 0.1) is 12.8 Å². The molecule has 1 heterocycles. The van der Waals surface area contributed by atoms with Crippen LogP contribution in [0.2, 0.25) is 0 Å². The van der Waals surface area contributed by atoms with Crippen molar-refractivity contribution in [2.24, 2.45) is 0 Å². The summed E-state index contributed by atoms with van der Waals surface area (Å²) in [5, 5.41) is 15.1. The third-order valence-electron chi connectivity index (χ3n) is 4.96. The van der Waals surface area contributed by atoms with Crippen molar-refractivity contribution < 1.29 is 14.3 Å². The maximum Gasteiger partial charge on any atom is 0.262 e. The molecule has 6 nitrogen and oxygen atoms in total. The number of fused-ring (bicyclic) bond motifs is 1. The summed E-state index contributed by atoms with van der Waals surface area (Å²) in [4.78, 5) is 13.6. The average Bonchev–Trinajstić information content (AvgIpc) is 3.26. The molecule has 0 fully saturated rings. The first-order valence-corrected chi connectivity index (χ1v) is 10.8. The van der Waals surface area contributed by atoms with Gasteiger partial charge in [-0.15, -0.1) is 11.3 Å². The zero-order chi connectivity index (χ0) is 22.5. The van der Waals surface area contributed by atoms with Gasteiger partial charge in [-0.3, -0.25) is 4.79 Å². The van der Waals surface area contributed by atoms with Crippen molar-refractivity contribution in [3.63, 3.8) is 0 Å². The van der Waals surface area contributed by atoms with Crippen LogP contribution in [0.5, 0.6) is 11.5 Å². The highest BCUT2D eigenvalue weighted by Gasteiger charge is 2.15. The molecular formula is C25H23N3O3S. The first kappa shape index (κ1) is 21.4. The highest BCUT2D eigenvalue weighted by atomic mass is 32.1. The molecule has 32 heavy (non-hydrogen) atoms. The van der Waals surface area contributed by atoms with Crippen LogP contribution in [-0.4, -0.2) is 32.9 Å². The van der Waals surface area contributed by atoms with Gasteiger partial charge >= 0.3 is 0 Å². The highest BCUT2D eigenvalue weighted by molar-refractivity contribution is 7.22. The molecular weight excluding hydrogens is 422 g/mol. The largest absolute Gasteiger partial charge is 0.497 e. The number of hydrogen-bond acceptors (Lipinski definition) is 6. The van der Waals surface area contributed by atoms with Gasteiger partial charge in [-0.2, -0.15) is 0 Å². The molecule has 162 valence electrons. The molecule has 0 aliphatic heterocycles. The third kappa shape index (κ3) is 4.58. The molecule has 4 rings (SSSR count). The van der Waals surface area contributed by atoms with E-state index in [1.54, 1.807) is 42.7 Å². The van der Waals surface area contributed by atoms with Crippen LogP contribution in [-0.2, 0) is 4.79 Å². The van der Waals surface area contributed by atoms with E-state index in [4.69, 9.17) is 14.9 Å². The summed E-state index contributed by atoms with van der Waals surface area (Å²) in [5.74, 6) is 0.925. The lowest BCUT2D eigenvalue weighted by atomic mass is 10.0. The quantitative estimate of drug-likeness (QED) is 0.307. The molecule has 0 bridgehead atoms. The van der Waals surface area contributed by atoms with Crippen molar-refractivity contribution in [1.82, 2.24) is 0 Å². The molecule has 0 radical (unpaired) electrons. The molecule has 0 unspecified atom stereocenters. The Morgan fingerprint density at radius 1 is 1.06 bits per heavy atom. The fraction of sp³-hybridized carbons (Fsp3) is 0.120. The number of carbonyl (C=O) groups is 1. The minimum absolute atomic E-state index is 0.140. The van der Waals surface area contributed by atoms with Crippen molar-refractivity contribution in [3.05, 3.63) is 72.3 Å². The summed E-state index contributed by atoms with van der Waals surface area (Å²) >= 11 is 1.67. The van der Waals surface area contributed by atoms with E-state index < -0.39 is 0 Å². The number of nitrogens with one attached hydrogen (secondary N) is 3. The zero-order valence-electron chi connectivity index (χ0n) is 17.8. The van der Waals surface area contributed by atoms with Crippen LogP contribution in [0.1, 0.15) is 5.56 Å². The van der Waals surface area contributed by atoms with E-state index in [2.05, 4.69) is 28.8 Å². The summed E-state index contributed by atoms with van der Waals surface area (Å²) in [5.41, 5.74) is 3.07. The molecule has 1 aromatic heterocycles. The number of rotatable bonds is 8. The second kappa shape index (κ2) is 9.53. The fourth-order valence-corrected chi connectivity index (χ4v) is 4.56. The summed E-state index contributed by atoms with van der Waals surface area (Å²) in [6.45, 7) is -0.140. The Labute approximate surface area is 190 Å². The van der Waals surface area contributed by atoms with Gasteiger partial charge in [0.1, 0.15) is 11.5 Å². The van der Waals surface area contributed by atoms with Gasteiger partial charge < -0.3 is 25.5 Å². The molecule has 7 heteroatoms. The number of carbonyl (C=O) groups excluding carboxylic acids is 1. The van der Waals surface area contributed by atoms with Crippen LogP contribution >= 0.6 is 11.3 Å². The maximum absolute atomic E-state index is 12.5. The SMILES string of the molecule is CNc1c(C=N)cc(NC(=O)COc2cccc(OC)c2)cc1-c1cc2ccccc2s1. The van der Waals surface area contributed by atoms with Gasteiger partial charge in [-0.1, -0.05) is 24.3 Å². The Hall–Kier alpha value is -3.84. The number of thiophene rings is 1. The van der Waals surface area contributed by atoms with Crippen molar-refractivity contribution >= 4 is 44.9 Å². The minimum atomic E-state index is -0.289. The van der Waals surface area contributed by atoms with Crippen molar-refractivity contribution in [2.75, 3.05) is 31.4 Å². The number of anilines is 2. The summed E-state index contributed by atoms with van der Waals surface area (Å²) < 4.78 is 11.9. The molecule has 1 amide bonds. The summed E-state index contributed by atoms with van der Waals surface area (Å²) in [6, 6.07) is 21.1.